The average Bonchev–Trinajstić information content (AvgIpc) is 2.26. The highest BCUT2D eigenvalue weighted by Gasteiger charge is 2.06. The number of aryl methyl sites for hydroxylation is 1. The van der Waals surface area contributed by atoms with E-state index >= 15 is 0 Å². The maximum Gasteiger partial charge on any atom is 0.303 e. The molecule has 0 spiro atoms. The van der Waals surface area contributed by atoms with Crippen LogP contribution in [0.1, 0.15) is 12.2 Å². The number of carboxylic acid groups (broad SMARTS) is 1. The van der Waals surface area contributed by atoms with Crippen molar-refractivity contribution in [2.24, 2.45) is 0 Å². The van der Waals surface area contributed by atoms with Gasteiger partial charge in [-0.2, -0.15) is 0 Å². The first-order valence-corrected chi connectivity index (χ1v) is 5.17. The van der Waals surface area contributed by atoms with E-state index in [0.29, 0.717) is 17.4 Å². The van der Waals surface area contributed by atoms with Crippen molar-refractivity contribution in [2.45, 2.75) is 12.8 Å². The lowest BCUT2D eigenvalue weighted by Gasteiger charge is -2.02. The zero-order valence-electron chi connectivity index (χ0n) is 8.35. The number of hydrogen-bond acceptors (Lipinski definition) is 3. The highest BCUT2D eigenvalue weighted by atomic mass is 35.5. The molecule has 0 saturated carbocycles. The quantitative estimate of drug-likeness (QED) is 0.831. The van der Waals surface area contributed by atoms with Crippen LogP contribution >= 0.6 is 11.6 Å². The molecule has 1 aromatic carbocycles. The van der Waals surface area contributed by atoms with Gasteiger partial charge in [0.2, 0.25) is 0 Å². The van der Waals surface area contributed by atoms with E-state index in [2.05, 4.69) is 9.97 Å². The number of fused-ring (bicyclic) bond motifs is 1. The van der Waals surface area contributed by atoms with Crippen LogP contribution in [0.2, 0.25) is 5.15 Å². The molecule has 0 aliphatic rings. The largest absolute Gasteiger partial charge is 0.481 e. The normalized spacial score (nSPS) is 10.6. The van der Waals surface area contributed by atoms with E-state index in [1.165, 1.54) is 0 Å². The van der Waals surface area contributed by atoms with E-state index in [1.54, 1.807) is 0 Å². The van der Waals surface area contributed by atoms with Crippen LogP contribution in [0.4, 0.5) is 0 Å². The second-order valence-corrected chi connectivity index (χ2v) is 3.70. The predicted octanol–water partition coefficient (Wildman–Crippen LogP) is 2.30. The van der Waals surface area contributed by atoms with Gasteiger partial charge in [-0.25, -0.2) is 9.97 Å². The first-order valence-electron chi connectivity index (χ1n) is 4.80. The van der Waals surface area contributed by atoms with Crippen LogP contribution in [0.3, 0.4) is 0 Å². The smallest absolute Gasteiger partial charge is 0.303 e. The zero-order chi connectivity index (χ0) is 11.5. The fourth-order valence-corrected chi connectivity index (χ4v) is 1.67. The molecule has 0 aliphatic carbocycles. The van der Waals surface area contributed by atoms with Gasteiger partial charge in [0.15, 0.2) is 0 Å². The molecule has 0 saturated heterocycles. The van der Waals surface area contributed by atoms with E-state index in [9.17, 15) is 4.79 Å². The van der Waals surface area contributed by atoms with Gasteiger partial charge in [-0.15, -0.1) is 0 Å². The Hall–Kier alpha value is -1.68. The molecule has 1 N–H and O–H groups in total. The molecule has 0 bridgehead atoms. The molecule has 0 radical (unpaired) electrons. The van der Waals surface area contributed by atoms with Gasteiger partial charge in [-0.1, -0.05) is 23.7 Å². The summed E-state index contributed by atoms with van der Waals surface area (Å²) < 4.78 is 0. The van der Waals surface area contributed by atoms with Crippen molar-refractivity contribution < 1.29 is 9.90 Å². The Bertz CT molecular complexity index is 542. The summed E-state index contributed by atoms with van der Waals surface area (Å²) >= 11 is 5.98. The molecule has 16 heavy (non-hydrogen) atoms. The lowest BCUT2D eigenvalue weighted by Crippen LogP contribution is -2.02. The summed E-state index contributed by atoms with van der Waals surface area (Å²) in [5.74, 6) is -0.404. The standard InChI is InChI=1S/C11H9ClN2O2/c12-11-7-3-1-2-4-8(7)13-9(14-11)5-6-10(15)16/h1-4H,5-6H2,(H,15,16). The van der Waals surface area contributed by atoms with Gasteiger partial charge in [0, 0.05) is 11.8 Å². The van der Waals surface area contributed by atoms with Crippen LogP contribution in [-0.2, 0) is 11.2 Å². The summed E-state index contributed by atoms with van der Waals surface area (Å²) in [4.78, 5) is 18.7. The third kappa shape index (κ3) is 2.28. The number of para-hydroxylation sites is 1. The van der Waals surface area contributed by atoms with E-state index in [1.807, 2.05) is 24.3 Å². The highest BCUT2D eigenvalue weighted by Crippen LogP contribution is 2.19. The first kappa shape index (κ1) is 10.8. The second kappa shape index (κ2) is 4.45. The van der Waals surface area contributed by atoms with Crippen LogP contribution in [0.15, 0.2) is 24.3 Å². The SMILES string of the molecule is O=C(O)CCc1nc(Cl)c2ccccc2n1. The zero-order valence-corrected chi connectivity index (χ0v) is 9.11. The summed E-state index contributed by atoms with van der Waals surface area (Å²) in [6.07, 6.45) is 0.300. The molecule has 2 aromatic rings. The first-order chi connectivity index (χ1) is 7.66. The minimum Gasteiger partial charge on any atom is -0.481 e. The topological polar surface area (TPSA) is 63.1 Å². The average molecular weight is 237 g/mol. The Balaban J connectivity index is 2.38. The predicted molar refractivity (Wildman–Crippen MR) is 60.5 cm³/mol. The summed E-state index contributed by atoms with van der Waals surface area (Å²) in [5, 5.41) is 9.72. The molecule has 0 aliphatic heterocycles. The number of rotatable bonds is 3. The fourth-order valence-electron chi connectivity index (χ4n) is 1.41. The minimum atomic E-state index is -0.868. The Morgan fingerprint density at radius 3 is 2.81 bits per heavy atom. The van der Waals surface area contributed by atoms with Gasteiger partial charge in [0.05, 0.1) is 11.9 Å². The van der Waals surface area contributed by atoms with Crippen molar-refractivity contribution in [3.63, 3.8) is 0 Å². The third-order valence-electron chi connectivity index (χ3n) is 2.17. The maximum atomic E-state index is 10.4. The van der Waals surface area contributed by atoms with Gasteiger partial charge in [0.25, 0.3) is 0 Å². The number of nitrogens with zero attached hydrogens (tertiary/aromatic N) is 2. The number of carbonyl (C=O) groups is 1. The van der Waals surface area contributed by atoms with E-state index in [0.717, 1.165) is 10.9 Å². The number of halogens is 1. The van der Waals surface area contributed by atoms with E-state index in [4.69, 9.17) is 16.7 Å². The van der Waals surface area contributed by atoms with Crippen molar-refractivity contribution in [2.75, 3.05) is 0 Å². The molecule has 1 aromatic heterocycles. The molecule has 0 amide bonds. The number of aliphatic carboxylic acids is 1. The second-order valence-electron chi connectivity index (χ2n) is 3.34. The minimum absolute atomic E-state index is 0.00860. The summed E-state index contributed by atoms with van der Waals surface area (Å²) in [5.41, 5.74) is 0.739. The van der Waals surface area contributed by atoms with Crippen LogP contribution in [0.5, 0.6) is 0 Å². The van der Waals surface area contributed by atoms with Crippen molar-refractivity contribution in [1.29, 1.82) is 0 Å². The number of hydrogen-bond donors (Lipinski definition) is 1. The molecule has 5 heteroatoms. The van der Waals surface area contributed by atoms with Gasteiger partial charge in [-0.3, -0.25) is 4.79 Å². The van der Waals surface area contributed by atoms with Gasteiger partial charge < -0.3 is 5.11 Å². The molecule has 0 fully saturated rings. The molecule has 0 unspecified atom stereocenters. The lowest BCUT2D eigenvalue weighted by molar-refractivity contribution is -0.137. The maximum absolute atomic E-state index is 10.4. The molecule has 1 heterocycles. The monoisotopic (exact) mass is 236 g/mol. The Morgan fingerprint density at radius 2 is 2.06 bits per heavy atom. The number of aromatic nitrogens is 2. The van der Waals surface area contributed by atoms with Crippen LogP contribution in [0, 0.1) is 0 Å². The Labute approximate surface area is 96.9 Å². The lowest BCUT2D eigenvalue weighted by atomic mass is 10.2. The molecule has 4 nitrogen and oxygen atoms in total. The van der Waals surface area contributed by atoms with Crippen LogP contribution in [0.25, 0.3) is 10.9 Å². The van der Waals surface area contributed by atoms with E-state index < -0.39 is 5.97 Å². The van der Waals surface area contributed by atoms with Crippen LogP contribution in [-0.4, -0.2) is 21.0 Å². The van der Waals surface area contributed by atoms with Gasteiger partial charge in [0.1, 0.15) is 11.0 Å². The van der Waals surface area contributed by atoms with Gasteiger partial charge >= 0.3 is 5.97 Å². The summed E-state index contributed by atoms with van der Waals surface area (Å²) in [6, 6.07) is 7.37. The highest BCUT2D eigenvalue weighted by molar-refractivity contribution is 6.34. The molecule has 82 valence electrons. The number of benzene rings is 1. The van der Waals surface area contributed by atoms with E-state index in [-0.39, 0.29) is 6.42 Å². The van der Waals surface area contributed by atoms with Crippen molar-refractivity contribution in [1.82, 2.24) is 9.97 Å². The summed E-state index contributed by atoms with van der Waals surface area (Å²) in [7, 11) is 0. The third-order valence-corrected chi connectivity index (χ3v) is 2.45. The molecule has 2 rings (SSSR count). The van der Waals surface area contributed by atoms with Gasteiger partial charge in [-0.05, 0) is 12.1 Å². The Morgan fingerprint density at radius 1 is 1.31 bits per heavy atom. The Kier molecular flexibility index (Phi) is 3.01. The molecular formula is C11H9ClN2O2. The van der Waals surface area contributed by atoms with Crippen LogP contribution < -0.4 is 0 Å². The molecule has 0 atom stereocenters. The summed E-state index contributed by atoms with van der Waals surface area (Å²) in [6.45, 7) is 0. The van der Waals surface area contributed by atoms with Crippen molar-refractivity contribution >= 4 is 28.5 Å². The fraction of sp³-hybridized carbons (Fsp3) is 0.182. The van der Waals surface area contributed by atoms with Crippen molar-refractivity contribution in [3.8, 4) is 0 Å². The molecular weight excluding hydrogens is 228 g/mol. The number of carboxylic acids is 1. The van der Waals surface area contributed by atoms with Crippen molar-refractivity contribution in [3.05, 3.63) is 35.2 Å².